The fraction of sp³-hybridized carbons (Fsp3) is 1.00. The number of hydrogen-bond donors (Lipinski definition) is 0. The first kappa shape index (κ1) is 18.6. The molecule has 0 heterocycles. The van der Waals surface area contributed by atoms with Crippen molar-refractivity contribution in [1.29, 1.82) is 0 Å². The Balaban J connectivity index is 3.48. The summed E-state index contributed by atoms with van der Waals surface area (Å²) in [4.78, 5) is 0. The van der Waals surface area contributed by atoms with Gasteiger partial charge in [0.1, 0.15) is 0 Å². The molecule has 0 saturated heterocycles. The standard InChI is InChI=1S/C10H22Cl4OSi2/c1-9(5-3-7-16(11)12)15-10(2)6-4-8-17(13)14/h9-10,16-17H,3-8H2,1-2H3. The molecule has 0 aliphatic heterocycles. The van der Waals surface area contributed by atoms with Crippen LogP contribution in [-0.4, -0.2) is 27.0 Å². The average molecular weight is 356 g/mol. The van der Waals surface area contributed by atoms with E-state index in [0.29, 0.717) is 0 Å². The quantitative estimate of drug-likeness (QED) is 0.406. The highest BCUT2D eigenvalue weighted by Crippen LogP contribution is 2.16. The van der Waals surface area contributed by atoms with E-state index in [4.69, 9.17) is 49.1 Å². The van der Waals surface area contributed by atoms with Crippen molar-refractivity contribution >= 4 is 59.1 Å². The summed E-state index contributed by atoms with van der Waals surface area (Å²) in [5.41, 5.74) is 0. The number of ether oxygens (including phenoxy) is 1. The Morgan fingerprint density at radius 3 is 1.47 bits per heavy atom. The largest absolute Gasteiger partial charge is 0.376 e. The van der Waals surface area contributed by atoms with Crippen LogP contribution in [0.1, 0.15) is 39.5 Å². The number of halogens is 4. The van der Waals surface area contributed by atoms with Gasteiger partial charge in [0, 0.05) is 0 Å². The van der Waals surface area contributed by atoms with Gasteiger partial charge in [-0.25, -0.2) is 0 Å². The third-order valence-electron chi connectivity index (χ3n) is 2.53. The van der Waals surface area contributed by atoms with Crippen molar-refractivity contribution in [2.75, 3.05) is 0 Å². The van der Waals surface area contributed by atoms with Gasteiger partial charge in [0.15, 0.2) is 0 Å². The molecule has 0 amide bonds. The molecule has 1 nitrogen and oxygen atoms in total. The van der Waals surface area contributed by atoms with Gasteiger partial charge in [-0.2, -0.15) is 44.3 Å². The molecule has 104 valence electrons. The minimum absolute atomic E-state index is 0.283. The Bertz CT molecular complexity index is 166. The molecule has 0 aliphatic carbocycles. The zero-order valence-corrected chi connectivity index (χ0v) is 15.8. The van der Waals surface area contributed by atoms with Crippen LogP contribution in [0.25, 0.3) is 0 Å². The number of hydrogen-bond acceptors (Lipinski definition) is 1. The second-order valence-corrected chi connectivity index (χ2v) is 14.8. The molecule has 0 aliphatic rings. The average Bonchev–Trinajstić information content (AvgIpc) is 2.15. The molecular formula is C10H22Cl4OSi2. The van der Waals surface area contributed by atoms with Crippen LogP contribution in [0.15, 0.2) is 0 Å². The second-order valence-electron chi connectivity index (χ2n) is 4.40. The Labute approximate surface area is 127 Å². The fourth-order valence-electron chi connectivity index (χ4n) is 1.65. The van der Waals surface area contributed by atoms with Crippen molar-refractivity contribution in [3.05, 3.63) is 0 Å². The van der Waals surface area contributed by atoms with Gasteiger partial charge in [-0.05, 0) is 38.8 Å². The molecule has 2 unspecified atom stereocenters. The maximum Gasteiger partial charge on any atom is 0.237 e. The molecule has 0 spiro atoms. The van der Waals surface area contributed by atoms with Gasteiger partial charge in [-0.1, -0.05) is 12.8 Å². The van der Waals surface area contributed by atoms with Crippen molar-refractivity contribution in [2.45, 2.75) is 63.8 Å². The highest BCUT2D eigenvalue weighted by molar-refractivity contribution is 7.34. The van der Waals surface area contributed by atoms with Crippen molar-refractivity contribution < 1.29 is 4.74 Å². The SMILES string of the molecule is CC(CCC[SiH](Cl)Cl)OC(C)CCC[SiH](Cl)Cl. The van der Waals surface area contributed by atoms with Gasteiger partial charge in [0.2, 0.25) is 14.8 Å². The smallest absolute Gasteiger partial charge is 0.237 e. The van der Waals surface area contributed by atoms with Crippen LogP contribution in [0.3, 0.4) is 0 Å². The van der Waals surface area contributed by atoms with Gasteiger partial charge in [-0.15, -0.1) is 0 Å². The summed E-state index contributed by atoms with van der Waals surface area (Å²) in [5.74, 6) is 0. The van der Waals surface area contributed by atoms with Gasteiger partial charge < -0.3 is 4.74 Å². The molecular weight excluding hydrogens is 334 g/mol. The van der Waals surface area contributed by atoms with Crippen molar-refractivity contribution in [2.24, 2.45) is 0 Å². The Kier molecular flexibility index (Phi) is 12.4. The molecule has 0 radical (unpaired) electrons. The summed E-state index contributed by atoms with van der Waals surface area (Å²) in [7, 11) is -2.86. The molecule has 17 heavy (non-hydrogen) atoms. The summed E-state index contributed by atoms with van der Waals surface area (Å²) < 4.78 is 5.87. The Morgan fingerprint density at radius 1 is 0.824 bits per heavy atom. The van der Waals surface area contributed by atoms with Crippen LogP contribution in [0, 0.1) is 0 Å². The van der Waals surface area contributed by atoms with Crippen molar-refractivity contribution in [1.82, 2.24) is 0 Å². The lowest BCUT2D eigenvalue weighted by Crippen LogP contribution is -2.17. The van der Waals surface area contributed by atoms with Crippen LogP contribution in [-0.2, 0) is 4.74 Å². The zero-order chi connectivity index (χ0) is 13.3. The van der Waals surface area contributed by atoms with Crippen LogP contribution >= 0.6 is 44.3 Å². The van der Waals surface area contributed by atoms with Crippen molar-refractivity contribution in [3.8, 4) is 0 Å². The Hall–Kier alpha value is 1.55. The summed E-state index contributed by atoms with van der Waals surface area (Å²) in [6.07, 6.45) is 4.77. The Morgan fingerprint density at radius 2 is 1.18 bits per heavy atom. The lowest BCUT2D eigenvalue weighted by Gasteiger charge is -2.19. The normalized spacial score (nSPS) is 15.5. The molecule has 0 N–H and O–H groups in total. The predicted octanol–water partition coefficient (Wildman–Crippen LogP) is 4.74. The summed E-state index contributed by atoms with van der Waals surface area (Å²) in [6.45, 7) is 4.21. The van der Waals surface area contributed by atoms with E-state index in [1.165, 1.54) is 0 Å². The lowest BCUT2D eigenvalue weighted by molar-refractivity contribution is -0.000485. The van der Waals surface area contributed by atoms with Gasteiger partial charge in [-0.3, -0.25) is 0 Å². The monoisotopic (exact) mass is 354 g/mol. The number of rotatable bonds is 10. The van der Waals surface area contributed by atoms with Gasteiger partial charge in [0.25, 0.3) is 0 Å². The molecule has 0 aromatic rings. The van der Waals surface area contributed by atoms with Gasteiger partial charge in [0.05, 0.1) is 12.2 Å². The van der Waals surface area contributed by atoms with E-state index in [1.54, 1.807) is 0 Å². The molecule has 0 aromatic carbocycles. The minimum atomic E-state index is -1.43. The van der Waals surface area contributed by atoms with Crippen LogP contribution in [0.5, 0.6) is 0 Å². The maximum atomic E-state index is 5.87. The summed E-state index contributed by atoms with van der Waals surface area (Å²) in [6, 6.07) is 1.94. The first-order valence-corrected chi connectivity index (χ1v) is 14.7. The van der Waals surface area contributed by atoms with E-state index in [0.717, 1.165) is 37.8 Å². The lowest BCUT2D eigenvalue weighted by atomic mass is 10.2. The van der Waals surface area contributed by atoms with E-state index in [1.807, 2.05) is 0 Å². The van der Waals surface area contributed by atoms with Crippen LogP contribution in [0.2, 0.25) is 12.1 Å². The van der Waals surface area contributed by atoms with Crippen LogP contribution < -0.4 is 0 Å². The first-order valence-electron chi connectivity index (χ1n) is 6.13. The summed E-state index contributed by atoms with van der Waals surface area (Å²) >= 11 is 23.2. The van der Waals surface area contributed by atoms with E-state index < -0.39 is 14.8 Å². The third kappa shape index (κ3) is 13.8. The second kappa shape index (κ2) is 11.4. The molecule has 0 fully saturated rings. The van der Waals surface area contributed by atoms with E-state index in [2.05, 4.69) is 13.8 Å². The fourth-order valence-corrected chi connectivity index (χ4v) is 4.59. The molecule has 0 aromatic heterocycles. The molecule has 0 saturated carbocycles. The highest BCUT2D eigenvalue weighted by atomic mass is 35.7. The molecule has 0 bridgehead atoms. The molecule has 7 heteroatoms. The van der Waals surface area contributed by atoms with Crippen molar-refractivity contribution in [3.63, 3.8) is 0 Å². The highest BCUT2D eigenvalue weighted by Gasteiger charge is 2.11. The topological polar surface area (TPSA) is 9.23 Å². The predicted molar refractivity (Wildman–Crippen MR) is 85.8 cm³/mol. The minimum Gasteiger partial charge on any atom is -0.376 e. The third-order valence-corrected chi connectivity index (χ3v) is 6.84. The van der Waals surface area contributed by atoms with Crippen LogP contribution in [0.4, 0.5) is 0 Å². The van der Waals surface area contributed by atoms with E-state index in [9.17, 15) is 0 Å². The molecule has 2 atom stereocenters. The summed E-state index contributed by atoms with van der Waals surface area (Å²) in [5, 5.41) is 0. The zero-order valence-electron chi connectivity index (χ0n) is 10.5. The maximum absolute atomic E-state index is 5.87. The van der Waals surface area contributed by atoms with Gasteiger partial charge >= 0.3 is 0 Å². The van der Waals surface area contributed by atoms with E-state index >= 15 is 0 Å². The van der Waals surface area contributed by atoms with E-state index in [-0.39, 0.29) is 12.2 Å². The first-order chi connectivity index (χ1) is 7.91. The molecule has 0 rings (SSSR count).